The summed E-state index contributed by atoms with van der Waals surface area (Å²) in [6.07, 6.45) is -3.22. The molecule has 0 saturated heterocycles. The lowest BCUT2D eigenvalue weighted by Gasteiger charge is -2.11. The lowest BCUT2D eigenvalue weighted by molar-refractivity contribution is -0.137. The predicted octanol–water partition coefficient (Wildman–Crippen LogP) is 6.27. The fourth-order valence-corrected chi connectivity index (χ4v) is 4.21. The van der Waals surface area contributed by atoms with E-state index in [-0.39, 0.29) is 17.7 Å². The molecule has 6 nitrogen and oxygen atoms in total. The van der Waals surface area contributed by atoms with Crippen LogP contribution in [0.15, 0.2) is 74.7 Å². The fraction of sp³-hybridized carbons (Fsp3) is 0.0870. The molecule has 0 saturated carbocycles. The van der Waals surface area contributed by atoms with Crippen molar-refractivity contribution in [3.05, 3.63) is 97.4 Å². The van der Waals surface area contributed by atoms with Crippen molar-refractivity contribution < 1.29 is 32.6 Å². The third-order valence-electron chi connectivity index (χ3n) is 4.44. The van der Waals surface area contributed by atoms with Crippen LogP contribution in [0.25, 0.3) is 0 Å². The van der Waals surface area contributed by atoms with Gasteiger partial charge < -0.3 is 9.84 Å². The average molecular weight is 600 g/mol. The van der Waals surface area contributed by atoms with Gasteiger partial charge in [0.2, 0.25) is 0 Å². The Morgan fingerprint density at radius 2 is 1.65 bits per heavy atom. The van der Waals surface area contributed by atoms with Crippen LogP contribution in [0.4, 0.5) is 13.2 Å². The molecule has 0 aliphatic carbocycles. The molecule has 0 radical (unpaired) electrons. The van der Waals surface area contributed by atoms with Crippen LogP contribution in [0.2, 0.25) is 0 Å². The number of carbonyl (C=O) groups excluding carboxylic acids is 1. The maximum Gasteiger partial charge on any atom is 0.416 e. The zero-order valence-electron chi connectivity index (χ0n) is 17.1. The van der Waals surface area contributed by atoms with Gasteiger partial charge in [-0.2, -0.15) is 18.3 Å². The van der Waals surface area contributed by atoms with Gasteiger partial charge in [0.1, 0.15) is 12.4 Å². The van der Waals surface area contributed by atoms with E-state index in [1.165, 1.54) is 24.4 Å². The van der Waals surface area contributed by atoms with Crippen molar-refractivity contribution in [2.75, 3.05) is 0 Å². The van der Waals surface area contributed by atoms with Crippen molar-refractivity contribution in [2.45, 2.75) is 12.8 Å². The summed E-state index contributed by atoms with van der Waals surface area (Å²) >= 11 is 6.80. The minimum atomic E-state index is -4.55. The molecule has 0 fully saturated rings. The molecular formula is C23H15Br2F3N2O4. The highest BCUT2D eigenvalue weighted by Crippen LogP contribution is 2.35. The quantitative estimate of drug-likeness (QED) is 0.247. The number of amides is 1. The average Bonchev–Trinajstić information content (AvgIpc) is 2.78. The molecule has 3 rings (SSSR count). The van der Waals surface area contributed by atoms with Crippen molar-refractivity contribution in [1.82, 2.24) is 5.43 Å². The highest BCUT2D eigenvalue weighted by molar-refractivity contribution is 9.11. The third kappa shape index (κ3) is 6.67. The molecule has 176 valence electrons. The van der Waals surface area contributed by atoms with Gasteiger partial charge in [-0.1, -0.05) is 18.2 Å². The first kappa shape index (κ1) is 25.4. The summed E-state index contributed by atoms with van der Waals surface area (Å²) in [6.45, 7) is 0.192. The second kappa shape index (κ2) is 10.8. The van der Waals surface area contributed by atoms with Crippen LogP contribution in [-0.2, 0) is 12.8 Å². The summed E-state index contributed by atoms with van der Waals surface area (Å²) in [6, 6.07) is 13.7. The van der Waals surface area contributed by atoms with E-state index in [1.807, 2.05) is 0 Å². The van der Waals surface area contributed by atoms with E-state index >= 15 is 0 Å². The Bertz CT molecular complexity index is 1220. The molecule has 34 heavy (non-hydrogen) atoms. The first-order valence-corrected chi connectivity index (χ1v) is 11.1. The Labute approximate surface area is 208 Å². The Balaban J connectivity index is 1.64. The summed E-state index contributed by atoms with van der Waals surface area (Å²) in [5.74, 6) is -1.30. The predicted molar refractivity (Wildman–Crippen MR) is 126 cm³/mol. The number of hydrazone groups is 1. The number of rotatable bonds is 7. The first-order valence-electron chi connectivity index (χ1n) is 9.49. The minimum Gasteiger partial charge on any atom is -0.487 e. The summed E-state index contributed by atoms with van der Waals surface area (Å²) in [7, 11) is 0. The molecule has 1 amide bonds. The van der Waals surface area contributed by atoms with Gasteiger partial charge in [-0.05, 0) is 85.5 Å². The maximum atomic E-state index is 12.8. The van der Waals surface area contributed by atoms with E-state index in [2.05, 4.69) is 42.4 Å². The first-order chi connectivity index (χ1) is 16.0. The van der Waals surface area contributed by atoms with Crippen LogP contribution in [0, 0.1) is 0 Å². The fourth-order valence-electron chi connectivity index (χ4n) is 2.76. The van der Waals surface area contributed by atoms with Gasteiger partial charge in [0, 0.05) is 5.56 Å². The highest BCUT2D eigenvalue weighted by Gasteiger charge is 2.30. The van der Waals surface area contributed by atoms with Crippen molar-refractivity contribution >= 4 is 50.0 Å². The van der Waals surface area contributed by atoms with Crippen molar-refractivity contribution in [3.63, 3.8) is 0 Å². The zero-order chi connectivity index (χ0) is 24.9. The molecule has 0 aliphatic rings. The Morgan fingerprint density at radius 3 is 2.24 bits per heavy atom. The smallest absolute Gasteiger partial charge is 0.416 e. The second-order valence-corrected chi connectivity index (χ2v) is 8.59. The number of carboxylic acid groups (broad SMARTS) is 1. The zero-order valence-corrected chi connectivity index (χ0v) is 20.2. The van der Waals surface area contributed by atoms with Crippen molar-refractivity contribution in [3.8, 4) is 5.75 Å². The number of carbonyl (C=O) groups is 2. The number of aromatic carboxylic acids is 1. The Morgan fingerprint density at radius 1 is 1.00 bits per heavy atom. The number of carboxylic acids is 1. The molecule has 3 aromatic rings. The van der Waals surface area contributed by atoms with Crippen LogP contribution in [0.1, 0.15) is 37.4 Å². The van der Waals surface area contributed by atoms with Gasteiger partial charge in [-0.25, -0.2) is 10.2 Å². The summed E-state index contributed by atoms with van der Waals surface area (Å²) in [5, 5.41) is 12.8. The molecule has 2 N–H and O–H groups in total. The van der Waals surface area contributed by atoms with E-state index in [4.69, 9.17) is 9.84 Å². The number of hydrogen-bond donors (Lipinski definition) is 2. The van der Waals surface area contributed by atoms with E-state index in [9.17, 15) is 22.8 Å². The standard InChI is InChI=1S/C23H15Br2F3N2O4/c24-18-8-14(11-29-30-21(31)16-2-1-3-17(10-16)23(26,27)28)9-19(25)20(18)34-12-13-4-6-15(7-5-13)22(32)33/h1-11H,12H2,(H,30,31)(H,32,33)/b29-11-. The lowest BCUT2D eigenvalue weighted by Crippen LogP contribution is -2.18. The van der Waals surface area contributed by atoms with Gasteiger partial charge in [-0.3, -0.25) is 4.79 Å². The molecular weight excluding hydrogens is 585 g/mol. The maximum absolute atomic E-state index is 12.8. The number of nitrogens with zero attached hydrogens (tertiary/aromatic N) is 1. The SMILES string of the molecule is O=C(O)c1ccc(COc2c(Br)cc(/C=N\NC(=O)c3cccc(C(F)(F)F)c3)cc2Br)cc1. The van der Waals surface area contributed by atoms with Gasteiger partial charge in [0.05, 0.1) is 26.3 Å². The number of ether oxygens (including phenoxy) is 1. The molecule has 3 aromatic carbocycles. The van der Waals surface area contributed by atoms with E-state index in [0.717, 1.165) is 23.8 Å². The molecule has 0 aliphatic heterocycles. The van der Waals surface area contributed by atoms with Gasteiger partial charge in [0.15, 0.2) is 0 Å². The summed E-state index contributed by atoms with van der Waals surface area (Å²) < 4.78 is 45.4. The molecule has 0 aromatic heterocycles. The number of hydrogen-bond acceptors (Lipinski definition) is 4. The summed E-state index contributed by atoms with van der Waals surface area (Å²) in [4.78, 5) is 23.0. The molecule has 11 heteroatoms. The van der Waals surface area contributed by atoms with Gasteiger partial charge >= 0.3 is 12.1 Å². The van der Waals surface area contributed by atoms with Crippen LogP contribution in [0.5, 0.6) is 5.75 Å². The van der Waals surface area contributed by atoms with Crippen LogP contribution >= 0.6 is 31.9 Å². The molecule has 0 bridgehead atoms. The van der Waals surface area contributed by atoms with Gasteiger partial charge in [0.25, 0.3) is 5.91 Å². The number of alkyl halides is 3. The van der Waals surface area contributed by atoms with Crippen molar-refractivity contribution in [2.24, 2.45) is 5.10 Å². The van der Waals surface area contributed by atoms with Crippen LogP contribution < -0.4 is 10.2 Å². The number of halogens is 5. The Kier molecular flexibility index (Phi) is 8.11. The van der Waals surface area contributed by atoms with Crippen LogP contribution in [-0.4, -0.2) is 23.2 Å². The lowest BCUT2D eigenvalue weighted by atomic mass is 10.1. The molecule has 0 atom stereocenters. The summed E-state index contributed by atoms with van der Waals surface area (Å²) in [5.41, 5.74) is 2.62. The van der Waals surface area contributed by atoms with Crippen LogP contribution in [0.3, 0.4) is 0 Å². The topological polar surface area (TPSA) is 88.0 Å². The third-order valence-corrected chi connectivity index (χ3v) is 5.61. The molecule has 0 spiro atoms. The highest BCUT2D eigenvalue weighted by atomic mass is 79.9. The van der Waals surface area contributed by atoms with E-state index < -0.39 is 23.6 Å². The van der Waals surface area contributed by atoms with Gasteiger partial charge in [-0.15, -0.1) is 0 Å². The van der Waals surface area contributed by atoms with E-state index in [0.29, 0.717) is 20.3 Å². The van der Waals surface area contributed by atoms with E-state index in [1.54, 1.807) is 24.3 Å². The largest absolute Gasteiger partial charge is 0.487 e. The number of benzene rings is 3. The normalized spacial score (nSPS) is 11.4. The molecule has 0 unspecified atom stereocenters. The number of nitrogens with one attached hydrogen (secondary N) is 1. The Hall–Kier alpha value is -3.18. The minimum absolute atomic E-state index is 0.172. The second-order valence-electron chi connectivity index (χ2n) is 6.88. The van der Waals surface area contributed by atoms with Crippen molar-refractivity contribution in [1.29, 1.82) is 0 Å². The molecule has 0 heterocycles. The monoisotopic (exact) mass is 598 g/mol.